The van der Waals surface area contributed by atoms with Crippen molar-refractivity contribution in [2.75, 3.05) is 13.1 Å². The van der Waals surface area contributed by atoms with Gasteiger partial charge in [-0.05, 0) is 44.0 Å². The van der Waals surface area contributed by atoms with Gasteiger partial charge in [-0.2, -0.15) is 0 Å². The number of rotatable bonds is 2. The Kier molecular flexibility index (Phi) is 7.06. The molecule has 126 valence electrons. The minimum atomic E-state index is 0. The van der Waals surface area contributed by atoms with Crippen LogP contribution in [0, 0.1) is 6.92 Å². The quantitative estimate of drug-likeness (QED) is 0.896. The molecule has 7 heteroatoms. The Morgan fingerprint density at radius 3 is 2.52 bits per heavy atom. The van der Waals surface area contributed by atoms with Crippen LogP contribution in [0.2, 0.25) is 0 Å². The predicted molar refractivity (Wildman–Crippen MR) is 94.3 cm³/mol. The Morgan fingerprint density at radius 1 is 1.26 bits per heavy atom. The number of halogens is 2. The number of amides is 1. The van der Waals surface area contributed by atoms with Crippen molar-refractivity contribution in [2.45, 2.75) is 25.8 Å². The molecule has 2 aromatic heterocycles. The topological polar surface area (TPSA) is 72.4 Å². The van der Waals surface area contributed by atoms with Gasteiger partial charge in [0.25, 0.3) is 5.91 Å². The predicted octanol–water partition coefficient (Wildman–Crippen LogP) is 3.06. The van der Waals surface area contributed by atoms with Gasteiger partial charge in [-0.1, -0.05) is 0 Å². The fourth-order valence-corrected chi connectivity index (χ4v) is 2.62. The van der Waals surface area contributed by atoms with Gasteiger partial charge in [0.15, 0.2) is 5.76 Å². The third kappa shape index (κ3) is 4.25. The van der Waals surface area contributed by atoms with E-state index in [4.69, 9.17) is 10.2 Å². The number of piperidine rings is 1. The zero-order chi connectivity index (χ0) is 14.8. The fourth-order valence-electron chi connectivity index (χ4n) is 2.62. The lowest BCUT2D eigenvalue weighted by Gasteiger charge is -2.30. The van der Waals surface area contributed by atoms with E-state index in [0.29, 0.717) is 11.3 Å². The molecule has 0 radical (unpaired) electrons. The van der Waals surface area contributed by atoms with Crippen LogP contribution in [0.1, 0.15) is 28.9 Å². The summed E-state index contributed by atoms with van der Waals surface area (Å²) in [6.07, 6.45) is 3.34. The van der Waals surface area contributed by atoms with Gasteiger partial charge >= 0.3 is 0 Å². The van der Waals surface area contributed by atoms with Gasteiger partial charge in [0.2, 0.25) is 0 Å². The van der Waals surface area contributed by atoms with E-state index in [1.54, 1.807) is 6.26 Å². The number of carbonyl (C=O) groups is 1. The van der Waals surface area contributed by atoms with Gasteiger partial charge in [0.1, 0.15) is 5.69 Å². The summed E-state index contributed by atoms with van der Waals surface area (Å²) in [5, 5.41) is 0. The van der Waals surface area contributed by atoms with Crippen molar-refractivity contribution in [3.05, 3.63) is 41.8 Å². The van der Waals surface area contributed by atoms with Crippen LogP contribution in [0.4, 0.5) is 0 Å². The highest BCUT2D eigenvalue weighted by Crippen LogP contribution is 2.21. The van der Waals surface area contributed by atoms with Crippen LogP contribution < -0.4 is 5.73 Å². The third-order valence-electron chi connectivity index (χ3n) is 3.92. The minimum Gasteiger partial charge on any atom is -0.463 e. The summed E-state index contributed by atoms with van der Waals surface area (Å²) in [4.78, 5) is 18.9. The number of carbonyl (C=O) groups excluding carboxylic acids is 1. The Bertz CT molecular complexity index is 639. The zero-order valence-electron chi connectivity index (χ0n) is 12.9. The largest absolute Gasteiger partial charge is 0.463 e. The van der Waals surface area contributed by atoms with Gasteiger partial charge < -0.3 is 15.1 Å². The van der Waals surface area contributed by atoms with Crippen molar-refractivity contribution in [1.82, 2.24) is 9.88 Å². The van der Waals surface area contributed by atoms with Gasteiger partial charge in [0, 0.05) is 19.1 Å². The monoisotopic (exact) mass is 357 g/mol. The van der Waals surface area contributed by atoms with Crippen LogP contribution in [0.15, 0.2) is 34.9 Å². The summed E-state index contributed by atoms with van der Waals surface area (Å²) in [6.45, 7) is 3.30. The van der Waals surface area contributed by atoms with Crippen LogP contribution >= 0.6 is 24.8 Å². The van der Waals surface area contributed by atoms with Gasteiger partial charge in [0.05, 0.1) is 17.5 Å². The molecule has 3 heterocycles. The van der Waals surface area contributed by atoms with E-state index in [-0.39, 0.29) is 36.8 Å². The lowest BCUT2D eigenvalue weighted by molar-refractivity contribution is 0.0713. The maximum atomic E-state index is 12.5. The number of pyridine rings is 1. The Labute approximate surface area is 148 Å². The van der Waals surface area contributed by atoms with E-state index in [2.05, 4.69) is 4.98 Å². The molecule has 1 fully saturated rings. The maximum absolute atomic E-state index is 12.5. The minimum absolute atomic E-state index is 0. The number of hydrogen-bond acceptors (Lipinski definition) is 4. The highest BCUT2D eigenvalue weighted by molar-refractivity contribution is 5.95. The van der Waals surface area contributed by atoms with Gasteiger partial charge in [-0.25, -0.2) is 4.98 Å². The SMILES string of the molecule is Cc1nc(-c2ccco2)ccc1C(=O)N1CCC(N)CC1.Cl.Cl. The van der Waals surface area contributed by atoms with E-state index >= 15 is 0 Å². The lowest BCUT2D eigenvalue weighted by Crippen LogP contribution is -2.43. The molecule has 0 aromatic carbocycles. The first-order valence-electron chi connectivity index (χ1n) is 7.21. The van der Waals surface area contributed by atoms with Crippen molar-refractivity contribution >= 4 is 30.7 Å². The Morgan fingerprint density at radius 2 is 1.96 bits per heavy atom. The van der Waals surface area contributed by atoms with E-state index < -0.39 is 0 Å². The normalized spacial score (nSPS) is 14.8. The van der Waals surface area contributed by atoms with E-state index in [1.807, 2.05) is 36.1 Å². The molecule has 1 aliphatic rings. The fraction of sp³-hybridized carbons (Fsp3) is 0.375. The summed E-state index contributed by atoms with van der Waals surface area (Å²) >= 11 is 0. The molecule has 0 bridgehead atoms. The molecule has 23 heavy (non-hydrogen) atoms. The number of aromatic nitrogens is 1. The van der Waals surface area contributed by atoms with Crippen molar-refractivity contribution < 1.29 is 9.21 Å². The average molecular weight is 358 g/mol. The number of furan rings is 1. The molecule has 3 rings (SSSR count). The second-order valence-corrected chi connectivity index (χ2v) is 5.44. The Hall–Kier alpha value is -1.56. The molecule has 1 amide bonds. The molecule has 1 saturated heterocycles. The molecule has 1 aliphatic heterocycles. The molecule has 0 saturated carbocycles. The molecular weight excluding hydrogens is 337 g/mol. The molecule has 0 spiro atoms. The molecular formula is C16H21Cl2N3O2. The highest BCUT2D eigenvalue weighted by Gasteiger charge is 2.23. The third-order valence-corrected chi connectivity index (χ3v) is 3.92. The molecule has 0 aliphatic carbocycles. The van der Waals surface area contributed by atoms with Crippen molar-refractivity contribution in [1.29, 1.82) is 0 Å². The van der Waals surface area contributed by atoms with E-state index in [9.17, 15) is 4.79 Å². The summed E-state index contributed by atoms with van der Waals surface area (Å²) in [5.74, 6) is 0.749. The Balaban J connectivity index is 0.00000132. The van der Waals surface area contributed by atoms with E-state index in [0.717, 1.165) is 37.3 Å². The van der Waals surface area contributed by atoms with Crippen LogP contribution in [-0.2, 0) is 0 Å². The standard InChI is InChI=1S/C16H19N3O2.2ClH/c1-11-13(16(20)19-8-6-12(17)7-9-19)4-5-14(18-11)15-3-2-10-21-15;;/h2-5,10,12H,6-9,17H2,1H3;2*1H. The van der Waals surface area contributed by atoms with Crippen molar-refractivity contribution in [3.63, 3.8) is 0 Å². The molecule has 0 unspecified atom stereocenters. The average Bonchev–Trinajstić information content (AvgIpc) is 3.01. The first-order valence-corrected chi connectivity index (χ1v) is 7.21. The molecule has 2 N–H and O–H groups in total. The molecule has 2 aromatic rings. The van der Waals surface area contributed by atoms with Crippen LogP contribution in [0.5, 0.6) is 0 Å². The number of nitrogens with zero attached hydrogens (tertiary/aromatic N) is 2. The zero-order valence-corrected chi connectivity index (χ0v) is 14.5. The van der Waals surface area contributed by atoms with Crippen LogP contribution in [0.3, 0.4) is 0 Å². The molecule has 0 atom stereocenters. The van der Waals surface area contributed by atoms with Crippen LogP contribution in [-0.4, -0.2) is 34.9 Å². The van der Waals surface area contributed by atoms with Gasteiger partial charge in [-0.3, -0.25) is 4.79 Å². The summed E-state index contributed by atoms with van der Waals surface area (Å²) in [7, 11) is 0. The second-order valence-electron chi connectivity index (χ2n) is 5.44. The summed E-state index contributed by atoms with van der Waals surface area (Å²) in [5.41, 5.74) is 8.00. The van der Waals surface area contributed by atoms with Crippen molar-refractivity contribution in [3.8, 4) is 11.5 Å². The van der Waals surface area contributed by atoms with E-state index in [1.165, 1.54) is 0 Å². The first-order chi connectivity index (χ1) is 10.1. The lowest BCUT2D eigenvalue weighted by atomic mass is 10.0. The van der Waals surface area contributed by atoms with Crippen molar-refractivity contribution in [2.24, 2.45) is 5.73 Å². The van der Waals surface area contributed by atoms with Gasteiger partial charge in [-0.15, -0.1) is 24.8 Å². The summed E-state index contributed by atoms with van der Waals surface area (Å²) in [6, 6.07) is 7.55. The van der Waals surface area contributed by atoms with Crippen LogP contribution in [0.25, 0.3) is 11.5 Å². The first kappa shape index (κ1) is 19.5. The number of likely N-dealkylation sites (tertiary alicyclic amines) is 1. The smallest absolute Gasteiger partial charge is 0.255 e. The number of aryl methyl sites for hydroxylation is 1. The number of nitrogens with two attached hydrogens (primary N) is 1. The maximum Gasteiger partial charge on any atom is 0.255 e. The highest BCUT2D eigenvalue weighted by atomic mass is 35.5. The summed E-state index contributed by atoms with van der Waals surface area (Å²) < 4.78 is 5.33. The number of hydrogen-bond donors (Lipinski definition) is 1. The molecule has 5 nitrogen and oxygen atoms in total. The second kappa shape index (κ2) is 8.34.